The van der Waals surface area contributed by atoms with Crippen LogP contribution in [0.2, 0.25) is 0 Å². The number of amides is 3. The first kappa shape index (κ1) is 30.9. The van der Waals surface area contributed by atoms with Crippen LogP contribution in [-0.4, -0.2) is 41.0 Å². The molecule has 0 fully saturated rings. The zero-order chi connectivity index (χ0) is 28.6. The number of carbonyl (C=O) groups is 3. The highest BCUT2D eigenvalue weighted by Crippen LogP contribution is 2.32. The Hall–Kier alpha value is -3.35. The van der Waals surface area contributed by atoms with Crippen molar-refractivity contribution in [1.29, 1.82) is 0 Å². The Balaban J connectivity index is 2.54. The van der Waals surface area contributed by atoms with E-state index >= 15 is 0 Å². The maximum atomic E-state index is 14.1. The molecule has 2 aromatic rings. The van der Waals surface area contributed by atoms with Crippen molar-refractivity contribution in [3.05, 3.63) is 64.7 Å². The number of alkyl carbamates (subject to hydrolysis) is 1. The highest BCUT2D eigenvalue weighted by atomic mass is 16.6. The third-order valence-corrected chi connectivity index (χ3v) is 6.45. The Morgan fingerprint density at radius 2 is 1.45 bits per heavy atom. The zero-order valence-corrected chi connectivity index (χ0v) is 24.5. The van der Waals surface area contributed by atoms with E-state index in [2.05, 4.69) is 24.5 Å². The Morgan fingerprint density at radius 3 is 2.00 bits per heavy atom. The average molecular weight is 524 g/mol. The van der Waals surface area contributed by atoms with Gasteiger partial charge < -0.3 is 20.3 Å². The largest absolute Gasteiger partial charge is 0.444 e. The van der Waals surface area contributed by atoms with E-state index in [0.717, 1.165) is 35.1 Å². The number of anilines is 1. The molecule has 7 heteroatoms. The van der Waals surface area contributed by atoms with E-state index < -0.39 is 17.7 Å². The molecule has 0 bridgehead atoms. The second kappa shape index (κ2) is 13.4. The summed E-state index contributed by atoms with van der Waals surface area (Å²) >= 11 is 0. The van der Waals surface area contributed by atoms with Crippen LogP contribution in [0, 0.1) is 26.7 Å². The first-order valence-corrected chi connectivity index (χ1v) is 13.4. The van der Waals surface area contributed by atoms with E-state index in [9.17, 15) is 14.4 Å². The minimum atomic E-state index is -0.883. The molecule has 0 aliphatic rings. The highest BCUT2D eigenvalue weighted by Gasteiger charge is 2.36. The van der Waals surface area contributed by atoms with Crippen LogP contribution in [0.5, 0.6) is 0 Å². The molecule has 0 spiro atoms. The molecule has 0 aliphatic heterocycles. The van der Waals surface area contributed by atoms with Crippen molar-refractivity contribution >= 4 is 23.6 Å². The molecule has 7 nitrogen and oxygen atoms in total. The lowest BCUT2D eigenvalue weighted by Crippen LogP contribution is -2.50. The molecule has 3 amide bonds. The lowest BCUT2D eigenvalue weighted by molar-refractivity contribution is -0.141. The summed E-state index contributed by atoms with van der Waals surface area (Å²) in [7, 11) is 0. The smallest absolute Gasteiger partial charge is 0.408 e. The number of rotatable bonds is 10. The van der Waals surface area contributed by atoms with Crippen LogP contribution in [-0.2, 0) is 14.3 Å². The van der Waals surface area contributed by atoms with Gasteiger partial charge in [0.05, 0.1) is 0 Å². The number of benzene rings is 2. The van der Waals surface area contributed by atoms with Gasteiger partial charge in [-0.15, -0.1) is 0 Å². The minimum Gasteiger partial charge on any atom is -0.444 e. The standard InChI is InChI=1S/C31H45N3O4/c1-20(2)17-18-24(6)34(26(35)19-32-30(37)38-31(7,8)9)28(27-22(4)14-12-15-23(27)5)29(36)33-25-16-11-10-13-21(25)3/h10-16,20,24,28H,17-19H2,1-9H3,(H,32,37)(H,33,36). The summed E-state index contributed by atoms with van der Waals surface area (Å²) < 4.78 is 5.33. The topological polar surface area (TPSA) is 87.7 Å². The fourth-order valence-electron chi connectivity index (χ4n) is 4.48. The monoisotopic (exact) mass is 523 g/mol. The van der Waals surface area contributed by atoms with Gasteiger partial charge in [-0.2, -0.15) is 0 Å². The van der Waals surface area contributed by atoms with Crippen molar-refractivity contribution < 1.29 is 19.1 Å². The maximum absolute atomic E-state index is 14.1. The molecular formula is C31H45N3O4. The quantitative estimate of drug-likeness (QED) is 0.374. The van der Waals surface area contributed by atoms with E-state index in [4.69, 9.17) is 4.74 Å². The number of ether oxygens (including phenoxy) is 1. The molecule has 2 unspecified atom stereocenters. The summed E-state index contributed by atoms with van der Waals surface area (Å²) in [5, 5.41) is 5.66. The summed E-state index contributed by atoms with van der Waals surface area (Å²) in [4.78, 5) is 41.9. The molecule has 0 radical (unpaired) electrons. The summed E-state index contributed by atoms with van der Waals surface area (Å²) in [5.74, 6) is -0.202. The molecule has 2 atom stereocenters. The maximum Gasteiger partial charge on any atom is 0.408 e. The van der Waals surface area contributed by atoms with Crippen molar-refractivity contribution in [3.63, 3.8) is 0 Å². The molecule has 38 heavy (non-hydrogen) atoms. The summed E-state index contributed by atoms with van der Waals surface area (Å²) in [6, 6.07) is 12.3. The molecule has 0 aromatic heterocycles. The Kier molecular flexibility index (Phi) is 10.9. The van der Waals surface area contributed by atoms with Crippen LogP contribution < -0.4 is 10.6 Å². The van der Waals surface area contributed by atoms with Crippen LogP contribution in [0.1, 0.15) is 82.7 Å². The van der Waals surface area contributed by atoms with Gasteiger partial charge in [0.25, 0.3) is 5.91 Å². The number of nitrogens with zero attached hydrogens (tertiary/aromatic N) is 1. The van der Waals surface area contributed by atoms with E-state index in [-0.39, 0.29) is 24.4 Å². The van der Waals surface area contributed by atoms with Crippen LogP contribution in [0.3, 0.4) is 0 Å². The first-order chi connectivity index (χ1) is 17.7. The van der Waals surface area contributed by atoms with Crippen molar-refractivity contribution in [1.82, 2.24) is 10.2 Å². The van der Waals surface area contributed by atoms with Gasteiger partial charge >= 0.3 is 6.09 Å². The number of hydrogen-bond acceptors (Lipinski definition) is 4. The van der Waals surface area contributed by atoms with Crippen LogP contribution in [0.4, 0.5) is 10.5 Å². The minimum absolute atomic E-state index is 0.253. The molecule has 2 rings (SSSR count). The summed E-state index contributed by atoms with van der Waals surface area (Å²) in [6.45, 7) is 17.1. The molecule has 0 aliphatic carbocycles. The molecule has 2 aromatic carbocycles. The van der Waals surface area contributed by atoms with Crippen LogP contribution >= 0.6 is 0 Å². The van der Waals surface area contributed by atoms with Gasteiger partial charge in [-0.05, 0) is 95.5 Å². The molecule has 0 heterocycles. The number of para-hydroxylation sites is 1. The number of carbonyl (C=O) groups excluding carboxylic acids is 3. The normalized spacial score (nSPS) is 13.0. The molecule has 208 valence electrons. The van der Waals surface area contributed by atoms with E-state index in [1.165, 1.54) is 0 Å². The van der Waals surface area contributed by atoms with Gasteiger partial charge in [-0.1, -0.05) is 50.2 Å². The second-order valence-corrected chi connectivity index (χ2v) is 11.5. The Labute approximate surface area is 228 Å². The van der Waals surface area contributed by atoms with Gasteiger partial charge in [0, 0.05) is 11.7 Å². The lowest BCUT2D eigenvalue weighted by Gasteiger charge is -2.38. The fourth-order valence-corrected chi connectivity index (χ4v) is 4.48. The molecule has 0 saturated carbocycles. The third kappa shape index (κ3) is 8.89. The SMILES string of the molecule is Cc1ccccc1NC(=O)C(c1c(C)cccc1C)N(C(=O)CNC(=O)OC(C)(C)C)C(C)CCC(C)C. The van der Waals surface area contributed by atoms with Crippen molar-refractivity contribution in [3.8, 4) is 0 Å². The van der Waals surface area contributed by atoms with Gasteiger partial charge in [0.15, 0.2) is 0 Å². The second-order valence-electron chi connectivity index (χ2n) is 11.5. The van der Waals surface area contributed by atoms with Crippen molar-refractivity contribution in [2.24, 2.45) is 5.92 Å². The predicted octanol–water partition coefficient (Wildman–Crippen LogP) is 6.47. The predicted molar refractivity (Wildman–Crippen MR) is 153 cm³/mol. The number of aryl methyl sites for hydroxylation is 3. The van der Waals surface area contributed by atoms with Crippen molar-refractivity contribution in [2.45, 2.75) is 92.8 Å². The van der Waals surface area contributed by atoms with E-state index in [1.54, 1.807) is 25.7 Å². The highest BCUT2D eigenvalue weighted by molar-refractivity contribution is 5.99. The lowest BCUT2D eigenvalue weighted by atomic mass is 9.92. The van der Waals surface area contributed by atoms with Crippen LogP contribution in [0.15, 0.2) is 42.5 Å². The van der Waals surface area contributed by atoms with Gasteiger partial charge in [0.1, 0.15) is 18.2 Å². The third-order valence-electron chi connectivity index (χ3n) is 6.45. The molecule has 2 N–H and O–H groups in total. The van der Waals surface area contributed by atoms with E-state index in [0.29, 0.717) is 11.6 Å². The number of hydrogen-bond donors (Lipinski definition) is 2. The summed E-state index contributed by atoms with van der Waals surface area (Å²) in [5.41, 5.74) is 3.57. The Morgan fingerprint density at radius 1 is 0.868 bits per heavy atom. The fraction of sp³-hybridized carbons (Fsp3) is 0.516. The zero-order valence-electron chi connectivity index (χ0n) is 24.5. The van der Waals surface area contributed by atoms with E-state index in [1.807, 2.05) is 70.2 Å². The first-order valence-electron chi connectivity index (χ1n) is 13.4. The van der Waals surface area contributed by atoms with Crippen LogP contribution in [0.25, 0.3) is 0 Å². The Bertz CT molecular complexity index is 1100. The van der Waals surface area contributed by atoms with Gasteiger partial charge in [-0.3, -0.25) is 9.59 Å². The average Bonchev–Trinajstić information content (AvgIpc) is 2.80. The molecule has 0 saturated heterocycles. The van der Waals surface area contributed by atoms with Crippen molar-refractivity contribution in [2.75, 3.05) is 11.9 Å². The van der Waals surface area contributed by atoms with Gasteiger partial charge in [-0.25, -0.2) is 4.79 Å². The summed E-state index contributed by atoms with van der Waals surface area (Å²) in [6.07, 6.45) is 0.937. The number of nitrogens with one attached hydrogen (secondary N) is 2. The molecular weight excluding hydrogens is 478 g/mol. The van der Waals surface area contributed by atoms with Gasteiger partial charge in [0.2, 0.25) is 5.91 Å².